The Morgan fingerprint density at radius 3 is 2.81 bits per heavy atom. The molecule has 0 radical (unpaired) electrons. The summed E-state index contributed by atoms with van der Waals surface area (Å²) in [4.78, 5) is 5.17. The predicted octanol–water partition coefficient (Wildman–Crippen LogP) is 1.15. The maximum absolute atomic E-state index is 3.58. The fourth-order valence-corrected chi connectivity index (χ4v) is 3.24. The fraction of sp³-hybridized carbons (Fsp3) is 1.00. The van der Waals surface area contributed by atoms with Crippen LogP contribution in [0.5, 0.6) is 0 Å². The molecule has 2 fully saturated rings. The molecule has 0 aromatic rings. The van der Waals surface area contributed by atoms with E-state index in [1.165, 1.54) is 58.4 Å². The third-order valence-electron chi connectivity index (χ3n) is 4.12. The van der Waals surface area contributed by atoms with E-state index < -0.39 is 0 Å². The van der Waals surface area contributed by atoms with Crippen molar-refractivity contribution < 1.29 is 0 Å². The number of hydrogen-bond acceptors (Lipinski definition) is 3. The van der Waals surface area contributed by atoms with Gasteiger partial charge in [-0.25, -0.2) is 0 Å². The van der Waals surface area contributed by atoms with Gasteiger partial charge < -0.3 is 10.2 Å². The van der Waals surface area contributed by atoms with Crippen LogP contribution in [0.25, 0.3) is 0 Å². The summed E-state index contributed by atoms with van der Waals surface area (Å²) in [6.45, 7) is 8.54. The van der Waals surface area contributed by atoms with E-state index in [4.69, 9.17) is 0 Å². The summed E-state index contributed by atoms with van der Waals surface area (Å²) >= 11 is 0. The zero-order valence-corrected chi connectivity index (χ0v) is 10.9. The number of hydrogen-bond donors (Lipinski definition) is 1. The summed E-state index contributed by atoms with van der Waals surface area (Å²) in [5, 5.41) is 3.58. The van der Waals surface area contributed by atoms with Gasteiger partial charge in [-0.3, -0.25) is 4.90 Å². The normalized spacial score (nSPS) is 31.7. The molecule has 2 rings (SSSR count). The van der Waals surface area contributed by atoms with Crippen LogP contribution in [0.4, 0.5) is 0 Å². The average Bonchev–Trinajstić information content (AvgIpc) is 2.88. The Morgan fingerprint density at radius 2 is 2.12 bits per heavy atom. The van der Waals surface area contributed by atoms with Crippen LogP contribution in [0.1, 0.15) is 32.6 Å². The van der Waals surface area contributed by atoms with Crippen molar-refractivity contribution in [1.29, 1.82) is 0 Å². The average molecular weight is 225 g/mol. The monoisotopic (exact) mass is 225 g/mol. The van der Waals surface area contributed by atoms with E-state index >= 15 is 0 Å². The summed E-state index contributed by atoms with van der Waals surface area (Å²) in [6, 6.07) is 1.57. The van der Waals surface area contributed by atoms with Gasteiger partial charge in [0.05, 0.1) is 0 Å². The van der Waals surface area contributed by atoms with E-state index in [0.29, 0.717) is 0 Å². The van der Waals surface area contributed by atoms with Crippen LogP contribution >= 0.6 is 0 Å². The molecule has 3 heteroatoms. The molecule has 0 bridgehead atoms. The molecule has 2 saturated heterocycles. The largest absolute Gasteiger partial charge is 0.313 e. The molecule has 0 aromatic carbocycles. The van der Waals surface area contributed by atoms with Gasteiger partial charge in [0.2, 0.25) is 0 Å². The lowest BCUT2D eigenvalue weighted by Crippen LogP contribution is -2.43. The lowest BCUT2D eigenvalue weighted by Gasteiger charge is -2.29. The van der Waals surface area contributed by atoms with Crippen LogP contribution in [0.15, 0.2) is 0 Å². The lowest BCUT2D eigenvalue weighted by atomic mass is 10.2. The Morgan fingerprint density at radius 1 is 1.25 bits per heavy atom. The number of nitrogens with zero attached hydrogens (tertiary/aromatic N) is 2. The molecular formula is C13H27N3. The maximum atomic E-state index is 3.58. The zero-order valence-electron chi connectivity index (χ0n) is 10.9. The first-order chi connectivity index (χ1) is 7.79. The molecule has 2 atom stereocenters. The standard InChI is InChI=1S/C13H27N3/c1-3-16-9-5-7-13(16)11-15(2)10-12-6-4-8-14-12/h12-14H,3-11H2,1-2H3/t12-,13?/m0/s1. The number of likely N-dealkylation sites (N-methyl/N-ethyl adjacent to an activating group) is 2. The van der Waals surface area contributed by atoms with Crippen molar-refractivity contribution in [1.82, 2.24) is 15.1 Å². The van der Waals surface area contributed by atoms with Gasteiger partial charge in [-0.15, -0.1) is 0 Å². The molecule has 0 aliphatic carbocycles. The number of rotatable bonds is 5. The first kappa shape index (κ1) is 12.3. The summed E-state index contributed by atoms with van der Waals surface area (Å²) in [5.74, 6) is 0. The second kappa shape index (κ2) is 5.99. The van der Waals surface area contributed by atoms with Gasteiger partial charge in [0.25, 0.3) is 0 Å². The first-order valence-electron chi connectivity index (χ1n) is 6.95. The number of nitrogens with one attached hydrogen (secondary N) is 1. The second-order valence-corrected chi connectivity index (χ2v) is 5.44. The quantitative estimate of drug-likeness (QED) is 0.757. The highest BCUT2D eigenvalue weighted by molar-refractivity contribution is 4.83. The van der Waals surface area contributed by atoms with Crippen molar-refractivity contribution in [2.45, 2.75) is 44.7 Å². The van der Waals surface area contributed by atoms with Crippen molar-refractivity contribution in [2.24, 2.45) is 0 Å². The van der Waals surface area contributed by atoms with E-state index in [2.05, 4.69) is 29.1 Å². The summed E-state index contributed by atoms with van der Waals surface area (Å²) in [6.07, 6.45) is 5.53. The molecule has 2 aliphatic rings. The van der Waals surface area contributed by atoms with Crippen molar-refractivity contribution in [3.8, 4) is 0 Å². The van der Waals surface area contributed by atoms with Crippen LogP contribution in [0.3, 0.4) is 0 Å². The van der Waals surface area contributed by atoms with Crippen molar-refractivity contribution in [3.63, 3.8) is 0 Å². The summed E-state index contributed by atoms with van der Waals surface area (Å²) < 4.78 is 0. The van der Waals surface area contributed by atoms with Crippen LogP contribution < -0.4 is 5.32 Å². The van der Waals surface area contributed by atoms with Crippen LogP contribution in [0, 0.1) is 0 Å². The fourth-order valence-electron chi connectivity index (χ4n) is 3.24. The molecule has 0 amide bonds. The molecule has 0 spiro atoms. The third-order valence-corrected chi connectivity index (χ3v) is 4.12. The minimum atomic E-state index is 0.751. The van der Waals surface area contributed by atoms with E-state index in [-0.39, 0.29) is 0 Å². The Hall–Kier alpha value is -0.120. The molecule has 2 heterocycles. The minimum Gasteiger partial charge on any atom is -0.313 e. The van der Waals surface area contributed by atoms with Gasteiger partial charge in [-0.1, -0.05) is 6.92 Å². The van der Waals surface area contributed by atoms with Gasteiger partial charge in [0, 0.05) is 25.2 Å². The highest BCUT2D eigenvalue weighted by atomic mass is 15.2. The lowest BCUT2D eigenvalue weighted by molar-refractivity contribution is 0.190. The first-order valence-corrected chi connectivity index (χ1v) is 6.95. The van der Waals surface area contributed by atoms with Gasteiger partial charge in [0.15, 0.2) is 0 Å². The molecule has 1 unspecified atom stereocenters. The Bertz CT molecular complexity index is 201. The van der Waals surface area contributed by atoms with Crippen molar-refractivity contribution in [2.75, 3.05) is 39.8 Å². The number of likely N-dealkylation sites (tertiary alicyclic amines) is 1. The molecule has 0 saturated carbocycles. The Balaban J connectivity index is 1.71. The van der Waals surface area contributed by atoms with E-state index in [0.717, 1.165) is 12.1 Å². The topological polar surface area (TPSA) is 18.5 Å². The highest BCUT2D eigenvalue weighted by Gasteiger charge is 2.25. The smallest absolute Gasteiger partial charge is 0.0223 e. The van der Waals surface area contributed by atoms with Crippen LogP contribution in [-0.2, 0) is 0 Å². The Kier molecular flexibility index (Phi) is 4.62. The molecule has 94 valence electrons. The van der Waals surface area contributed by atoms with Gasteiger partial charge in [-0.05, 0) is 52.4 Å². The molecule has 16 heavy (non-hydrogen) atoms. The summed E-state index contributed by atoms with van der Waals surface area (Å²) in [7, 11) is 2.28. The molecule has 1 N–H and O–H groups in total. The minimum absolute atomic E-state index is 0.751. The summed E-state index contributed by atoms with van der Waals surface area (Å²) in [5.41, 5.74) is 0. The highest BCUT2D eigenvalue weighted by Crippen LogP contribution is 2.17. The predicted molar refractivity (Wildman–Crippen MR) is 68.8 cm³/mol. The van der Waals surface area contributed by atoms with Gasteiger partial charge in [-0.2, -0.15) is 0 Å². The van der Waals surface area contributed by atoms with E-state index in [9.17, 15) is 0 Å². The zero-order chi connectivity index (χ0) is 11.4. The molecule has 3 nitrogen and oxygen atoms in total. The maximum Gasteiger partial charge on any atom is 0.0223 e. The molecule has 0 aromatic heterocycles. The third kappa shape index (κ3) is 3.19. The molecule has 2 aliphatic heterocycles. The Labute approximate surface area is 100 Å². The van der Waals surface area contributed by atoms with Crippen molar-refractivity contribution in [3.05, 3.63) is 0 Å². The van der Waals surface area contributed by atoms with Crippen LogP contribution in [-0.4, -0.2) is 61.7 Å². The van der Waals surface area contributed by atoms with Gasteiger partial charge in [0.1, 0.15) is 0 Å². The van der Waals surface area contributed by atoms with Crippen molar-refractivity contribution >= 4 is 0 Å². The van der Waals surface area contributed by atoms with E-state index in [1.54, 1.807) is 0 Å². The second-order valence-electron chi connectivity index (χ2n) is 5.44. The molecular weight excluding hydrogens is 198 g/mol. The van der Waals surface area contributed by atoms with E-state index in [1.807, 2.05) is 0 Å². The van der Waals surface area contributed by atoms with Gasteiger partial charge >= 0.3 is 0 Å². The SMILES string of the molecule is CCN1CCCC1CN(C)C[C@@H]1CCCN1. The van der Waals surface area contributed by atoms with Crippen LogP contribution in [0.2, 0.25) is 0 Å².